The van der Waals surface area contributed by atoms with Crippen molar-refractivity contribution in [1.29, 1.82) is 0 Å². The van der Waals surface area contributed by atoms with Crippen LogP contribution < -0.4 is 10.2 Å². The third-order valence-corrected chi connectivity index (χ3v) is 14.9. The Morgan fingerprint density at radius 2 is 1.17 bits per heavy atom. The number of aryl methyl sites for hydroxylation is 1. The predicted molar refractivity (Wildman–Crippen MR) is 359 cm³/mol. The summed E-state index contributed by atoms with van der Waals surface area (Å²) in [5.41, 5.74) is 8.49. The third kappa shape index (κ3) is 29.1. The molecule has 0 saturated heterocycles. The lowest BCUT2D eigenvalue weighted by molar-refractivity contribution is -0.156. The van der Waals surface area contributed by atoms with Gasteiger partial charge in [0.1, 0.15) is 11.0 Å². The van der Waals surface area contributed by atoms with Gasteiger partial charge in [-0.15, -0.1) is 35.8 Å². The van der Waals surface area contributed by atoms with E-state index in [0.29, 0.717) is 76.8 Å². The van der Waals surface area contributed by atoms with Crippen molar-refractivity contribution in [1.82, 2.24) is 0 Å². The van der Waals surface area contributed by atoms with E-state index in [4.69, 9.17) is 43.4 Å². The number of ether oxygens (including phenoxy) is 8. The Morgan fingerprint density at radius 1 is 0.689 bits per heavy atom. The lowest BCUT2D eigenvalue weighted by Crippen LogP contribution is -2.45. The number of hydrogen-bond donors (Lipinski definition) is 3. The maximum absolute atomic E-state index is 13.1. The van der Waals surface area contributed by atoms with E-state index in [1.165, 1.54) is 46.1 Å². The van der Waals surface area contributed by atoms with Crippen molar-refractivity contribution >= 4 is 69.8 Å². The van der Waals surface area contributed by atoms with Gasteiger partial charge in [0.15, 0.2) is 24.4 Å². The first kappa shape index (κ1) is 78.8. The predicted octanol–water partition coefficient (Wildman–Crippen LogP) is 13.9. The van der Waals surface area contributed by atoms with Gasteiger partial charge in [-0.3, -0.25) is 4.79 Å². The van der Waals surface area contributed by atoms with Crippen molar-refractivity contribution in [2.45, 2.75) is 158 Å². The van der Waals surface area contributed by atoms with Gasteiger partial charge in [0.25, 0.3) is 5.91 Å². The van der Waals surface area contributed by atoms with Gasteiger partial charge < -0.3 is 58.3 Å². The number of aliphatic hydroxyl groups is 1. The van der Waals surface area contributed by atoms with Crippen molar-refractivity contribution in [3.63, 3.8) is 0 Å². The van der Waals surface area contributed by atoms with Gasteiger partial charge in [0, 0.05) is 58.8 Å². The number of thiophene rings is 2. The van der Waals surface area contributed by atoms with Gasteiger partial charge in [0.2, 0.25) is 0 Å². The van der Waals surface area contributed by atoms with E-state index < -0.39 is 30.3 Å². The number of anilines is 2. The van der Waals surface area contributed by atoms with Crippen molar-refractivity contribution in [3.8, 4) is 20.9 Å². The molecule has 0 saturated carbocycles. The number of aliphatic carboxylic acids is 1. The molecule has 2 aromatic carbocycles. The first-order valence-electron chi connectivity index (χ1n) is 30.1. The fourth-order valence-corrected chi connectivity index (χ4v) is 10.2. The standard InChI is InChI=1S/C21H25NO2S.C15H17NO2S.C11H18O3.C9H14O3.C7H10O3.C7H12O3/c1-14(2)22(21(23)19-11-10-15(3)13-24-19)18-12-20(25-16(18)4)17-8-6-5-7-9-17;1-10(2)16-12-9-13(11-7-5-4-6-8-11)19-14(12)15(17)18-3;1-5-7-10(11(12)13-6-2)14-8-9(3)4;1-3-11-9(10)8-5-4-7(2)6-12-8;1-5-2-3-6(7(8)9)10-4-5;1-3-5-6(8)7(9)10-4-2/h5-10,12,14,19H,11,13H2,1-4H3;4-10,16H,1-3H3;5,10H,1,3,6-8H2,2,4H3;4,8H,3,5-6H2,1-2H3;2,6H,3-4H2,1H3,(H,8,9);3,6,8H,1,4-5H2,2H3. The van der Waals surface area contributed by atoms with Crippen molar-refractivity contribution in [2.24, 2.45) is 0 Å². The molecule has 3 aliphatic rings. The number of carboxylic acid groups (broad SMARTS) is 1. The summed E-state index contributed by atoms with van der Waals surface area (Å²) in [4.78, 5) is 74.2. The molecule has 5 unspecified atom stereocenters. The van der Waals surface area contributed by atoms with Crippen LogP contribution in [0, 0.1) is 6.92 Å². The molecule has 20 heteroatoms. The van der Waals surface area contributed by atoms with E-state index in [1.54, 1.807) is 38.2 Å². The average molecular weight is 1290 g/mol. The van der Waals surface area contributed by atoms with Gasteiger partial charge in [-0.25, -0.2) is 24.0 Å². The molecule has 0 radical (unpaired) electrons. The molecule has 2 aromatic heterocycles. The Morgan fingerprint density at radius 3 is 1.59 bits per heavy atom. The smallest absolute Gasteiger partial charge is 0.350 e. The largest absolute Gasteiger partial charge is 0.479 e. The number of hydrogen-bond acceptors (Lipinski definition) is 18. The Hall–Kier alpha value is -7.30. The zero-order chi connectivity index (χ0) is 67.3. The number of rotatable bonds is 22. The SMILES string of the molecule is C=CCC(O)C(=O)OCC.C=CCC(OCC(=C)C)C(=O)OCC.CC1=CCC(C(=O)N(c2cc(-c3ccccc3)sc2C)C(C)C)OC1.CC1=CCC(C(=O)O)OC1.CCOC(=O)C1CC=C(C)CO1.COC(=O)c1sc(-c2ccccc2)cc1NC(C)C. The second kappa shape index (κ2) is 43.4. The van der Waals surface area contributed by atoms with Crippen molar-refractivity contribution in [2.75, 3.05) is 63.6 Å². The van der Waals surface area contributed by atoms with E-state index in [9.17, 15) is 28.8 Å². The van der Waals surface area contributed by atoms with E-state index in [2.05, 4.69) is 74.8 Å². The van der Waals surface area contributed by atoms with Gasteiger partial charge >= 0.3 is 29.8 Å². The molecule has 0 fully saturated rings. The lowest BCUT2D eigenvalue weighted by Gasteiger charge is -2.31. The zero-order valence-electron chi connectivity index (χ0n) is 54.8. The van der Waals surface area contributed by atoms with Crippen LogP contribution in [-0.2, 0) is 61.9 Å². The van der Waals surface area contributed by atoms with Crippen LogP contribution in [0.25, 0.3) is 20.9 Å². The molecule has 494 valence electrons. The normalized spacial score (nSPS) is 16.2. The summed E-state index contributed by atoms with van der Waals surface area (Å²) in [5.74, 6) is -2.28. The summed E-state index contributed by atoms with van der Waals surface area (Å²) in [6.45, 7) is 37.0. The number of benzene rings is 2. The molecule has 3 N–H and O–H groups in total. The summed E-state index contributed by atoms with van der Waals surface area (Å²) >= 11 is 3.18. The molecule has 7 rings (SSSR count). The molecule has 3 aliphatic heterocycles. The van der Waals surface area contributed by atoms with E-state index >= 15 is 0 Å². The highest BCUT2D eigenvalue weighted by Gasteiger charge is 2.31. The molecule has 0 aliphatic carbocycles. The minimum atomic E-state index is -1.04. The van der Waals surface area contributed by atoms with Crippen LogP contribution in [0.4, 0.5) is 11.4 Å². The topological polar surface area (TPSA) is 232 Å². The van der Waals surface area contributed by atoms with Crippen LogP contribution in [0.1, 0.15) is 123 Å². The number of aliphatic hydroxyl groups excluding tert-OH is 1. The number of amides is 1. The summed E-state index contributed by atoms with van der Waals surface area (Å²) in [6, 6.07) is 24.8. The van der Waals surface area contributed by atoms with E-state index in [0.717, 1.165) is 37.8 Å². The van der Waals surface area contributed by atoms with E-state index in [1.807, 2.05) is 113 Å². The van der Waals surface area contributed by atoms with E-state index in [-0.39, 0.29) is 54.5 Å². The molecule has 5 atom stereocenters. The summed E-state index contributed by atoms with van der Waals surface area (Å²) < 4.78 is 40.4. The highest BCUT2D eigenvalue weighted by Crippen LogP contribution is 2.38. The molecule has 1 amide bonds. The third-order valence-electron chi connectivity index (χ3n) is 12.7. The number of nitrogens with zero attached hydrogens (tertiary/aromatic N) is 1. The first-order chi connectivity index (χ1) is 42.8. The Kier molecular flexibility index (Phi) is 38.0. The quantitative estimate of drug-likeness (QED) is 0.0377. The highest BCUT2D eigenvalue weighted by molar-refractivity contribution is 7.18. The number of methoxy groups -OCH3 is 1. The van der Waals surface area contributed by atoms with Gasteiger partial charge in [0.05, 0.1) is 64.7 Å². The molecular formula is C70H96N2O16S2. The lowest BCUT2D eigenvalue weighted by atomic mass is 10.1. The number of esters is 4. The molecule has 0 bridgehead atoms. The average Bonchev–Trinajstić information content (AvgIpc) is 2.16. The van der Waals surface area contributed by atoms with Crippen LogP contribution in [0.15, 0.2) is 145 Å². The maximum Gasteiger partial charge on any atom is 0.350 e. The molecular weight excluding hydrogens is 1190 g/mol. The van der Waals surface area contributed by atoms with Crippen molar-refractivity contribution in [3.05, 3.63) is 155 Å². The monoisotopic (exact) mass is 1280 g/mol. The minimum absolute atomic E-state index is 0.0549. The molecule has 18 nitrogen and oxygen atoms in total. The van der Waals surface area contributed by atoms with Gasteiger partial charge in [-0.2, -0.15) is 0 Å². The summed E-state index contributed by atoms with van der Waals surface area (Å²) in [5, 5.41) is 20.7. The van der Waals surface area contributed by atoms with Crippen LogP contribution >= 0.6 is 22.7 Å². The second-order valence-corrected chi connectivity index (χ2v) is 23.7. The highest BCUT2D eigenvalue weighted by atomic mass is 32.1. The summed E-state index contributed by atoms with van der Waals surface area (Å²) in [6.07, 6.45) is 8.68. The number of carboxylic acids is 1. The maximum atomic E-state index is 13.1. The van der Waals surface area contributed by atoms with Crippen LogP contribution in [0.5, 0.6) is 0 Å². The minimum Gasteiger partial charge on any atom is -0.479 e. The Balaban J connectivity index is 0.000000382. The van der Waals surface area contributed by atoms with Crippen LogP contribution in [-0.4, -0.2) is 142 Å². The number of carbonyl (C=O) groups is 6. The number of nitrogens with one attached hydrogen (secondary N) is 1. The van der Waals surface area contributed by atoms with Crippen LogP contribution in [0.2, 0.25) is 0 Å². The second-order valence-electron chi connectivity index (χ2n) is 21.4. The Labute approximate surface area is 541 Å². The molecule has 5 heterocycles. The zero-order valence-corrected chi connectivity index (χ0v) is 56.5. The fraction of sp³-hybridized carbons (Fsp3) is 0.457. The molecule has 90 heavy (non-hydrogen) atoms. The van der Waals surface area contributed by atoms with Crippen LogP contribution in [0.3, 0.4) is 0 Å². The van der Waals surface area contributed by atoms with Gasteiger partial charge in [-0.05, 0) is 106 Å². The molecule has 4 aromatic rings. The Bertz CT molecular complexity index is 2980. The van der Waals surface area contributed by atoms with Gasteiger partial charge in [-0.1, -0.05) is 120 Å². The fourth-order valence-electron chi connectivity index (χ4n) is 8.16. The number of carbonyl (C=O) groups excluding carboxylic acids is 5. The summed E-state index contributed by atoms with van der Waals surface area (Å²) in [7, 11) is 1.41. The molecule has 0 spiro atoms. The van der Waals surface area contributed by atoms with Crippen molar-refractivity contribution < 1.29 is 76.9 Å². The first-order valence-corrected chi connectivity index (χ1v) is 31.7.